The normalized spacial score (nSPS) is 13.1. The highest BCUT2D eigenvalue weighted by molar-refractivity contribution is 6.06. The molecule has 1 heterocycles. The van der Waals surface area contributed by atoms with E-state index < -0.39 is 29.3 Å². The highest BCUT2D eigenvalue weighted by Crippen LogP contribution is 2.39. The summed E-state index contributed by atoms with van der Waals surface area (Å²) >= 11 is 0. The fourth-order valence-electron chi connectivity index (χ4n) is 4.17. The van der Waals surface area contributed by atoms with E-state index in [1.54, 1.807) is 0 Å². The number of fused-ring (bicyclic) bond motifs is 3. The number of hydrogen-bond acceptors (Lipinski definition) is 3. The third kappa shape index (κ3) is 6.30. The molecule has 0 saturated carbocycles. The first-order chi connectivity index (χ1) is 15.7. The summed E-state index contributed by atoms with van der Waals surface area (Å²) < 4.78 is 81.3. The summed E-state index contributed by atoms with van der Waals surface area (Å²) in [6, 6.07) is 4.97. The number of alkyl halides is 3. The fourth-order valence-corrected chi connectivity index (χ4v) is 4.17. The third-order valence-corrected chi connectivity index (χ3v) is 5.77. The van der Waals surface area contributed by atoms with Crippen molar-refractivity contribution in [2.75, 3.05) is 6.61 Å². The van der Waals surface area contributed by atoms with Crippen molar-refractivity contribution >= 4 is 21.9 Å². The zero-order valence-corrected chi connectivity index (χ0v) is 18.9. The number of furan rings is 1. The van der Waals surface area contributed by atoms with Crippen LogP contribution >= 0.6 is 0 Å². The van der Waals surface area contributed by atoms with E-state index in [1.165, 1.54) is 43.9 Å². The van der Waals surface area contributed by atoms with Crippen LogP contribution in [0.2, 0.25) is 0 Å². The van der Waals surface area contributed by atoms with Gasteiger partial charge in [0.15, 0.2) is 22.7 Å². The molecule has 8 heteroatoms. The molecule has 3 nitrogen and oxygen atoms in total. The summed E-state index contributed by atoms with van der Waals surface area (Å²) in [5.41, 5.74) is -0.773. The molecule has 1 unspecified atom stereocenters. The van der Waals surface area contributed by atoms with Gasteiger partial charge in [-0.2, -0.15) is 8.78 Å². The molecule has 1 aromatic heterocycles. The van der Waals surface area contributed by atoms with E-state index in [9.17, 15) is 22.0 Å². The Balaban J connectivity index is 1.68. The lowest BCUT2D eigenvalue weighted by Crippen LogP contribution is -2.17. The van der Waals surface area contributed by atoms with Crippen molar-refractivity contribution in [2.45, 2.75) is 71.6 Å². The summed E-state index contributed by atoms with van der Waals surface area (Å²) in [4.78, 5) is 0. The van der Waals surface area contributed by atoms with Gasteiger partial charge in [-0.1, -0.05) is 52.4 Å². The van der Waals surface area contributed by atoms with E-state index in [2.05, 4.69) is 18.6 Å². The maximum atomic E-state index is 14.9. The number of ether oxygens (including phenoxy) is 2. The van der Waals surface area contributed by atoms with E-state index in [0.29, 0.717) is 12.5 Å². The molecule has 0 spiro atoms. The lowest BCUT2D eigenvalue weighted by atomic mass is 9.92. The summed E-state index contributed by atoms with van der Waals surface area (Å²) in [6.07, 6.45) is 3.84. The maximum absolute atomic E-state index is 14.9. The Morgan fingerprint density at radius 2 is 1.39 bits per heavy atom. The topological polar surface area (TPSA) is 31.6 Å². The number of hydrogen-bond donors (Lipinski definition) is 0. The van der Waals surface area contributed by atoms with Crippen molar-refractivity contribution in [1.29, 1.82) is 0 Å². The lowest BCUT2D eigenvalue weighted by molar-refractivity contribution is -0.275. The van der Waals surface area contributed by atoms with Gasteiger partial charge in [-0.3, -0.25) is 0 Å². The van der Waals surface area contributed by atoms with Gasteiger partial charge in [0.2, 0.25) is 11.6 Å². The first kappa shape index (κ1) is 25.1. The number of benzene rings is 2. The van der Waals surface area contributed by atoms with Crippen LogP contribution in [0.4, 0.5) is 22.0 Å². The summed E-state index contributed by atoms with van der Waals surface area (Å²) in [5.74, 6) is -2.52. The van der Waals surface area contributed by atoms with E-state index >= 15 is 0 Å². The predicted molar refractivity (Wildman–Crippen MR) is 118 cm³/mol. The Kier molecular flexibility index (Phi) is 8.43. The standard InChI is InChI=1S/C25H29F5O3/c1-3-5-9-16(8-4-2)10-6-7-15-31-19-13-11-17-18-12-14-20(33-25(28,29)30)22(27)24(18)32-23(17)21(19)26/h11-14,16H,3-10,15H2,1-2H3. The molecule has 0 N–H and O–H groups in total. The smallest absolute Gasteiger partial charge is 0.490 e. The van der Waals surface area contributed by atoms with Crippen LogP contribution in [0.25, 0.3) is 21.9 Å². The maximum Gasteiger partial charge on any atom is 0.573 e. The first-order valence-corrected chi connectivity index (χ1v) is 11.5. The zero-order chi connectivity index (χ0) is 24.0. The molecule has 0 bridgehead atoms. The van der Waals surface area contributed by atoms with E-state index in [1.807, 2.05) is 0 Å². The third-order valence-electron chi connectivity index (χ3n) is 5.77. The predicted octanol–water partition coefficient (Wildman–Crippen LogP) is 8.92. The molecular weight excluding hydrogens is 443 g/mol. The van der Waals surface area contributed by atoms with Crippen LogP contribution < -0.4 is 9.47 Å². The van der Waals surface area contributed by atoms with Crippen molar-refractivity contribution in [3.63, 3.8) is 0 Å². The average Bonchev–Trinajstić information content (AvgIpc) is 3.14. The minimum absolute atomic E-state index is 0.0372. The molecular formula is C25H29F5O3. The fraction of sp³-hybridized carbons (Fsp3) is 0.520. The molecule has 0 aliphatic carbocycles. The van der Waals surface area contributed by atoms with Crippen LogP contribution in [0.15, 0.2) is 28.7 Å². The van der Waals surface area contributed by atoms with E-state index in [0.717, 1.165) is 31.7 Å². The van der Waals surface area contributed by atoms with Gasteiger partial charge < -0.3 is 13.9 Å². The van der Waals surface area contributed by atoms with Crippen molar-refractivity contribution in [2.24, 2.45) is 5.92 Å². The summed E-state index contributed by atoms with van der Waals surface area (Å²) in [6.45, 7) is 4.70. The molecule has 0 amide bonds. The number of unbranched alkanes of at least 4 members (excludes halogenated alkanes) is 2. The van der Waals surface area contributed by atoms with Crippen LogP contribution in [-0.4, -0.2) is 13.0 Å². The lowest BCUT2D eigenvalue weighted by Gasteiger charge is -2.15. The molecule has 182 valence electrons. The molecule has 0 aliphatic heterocycles. The highest BCUT2D eigenvalue weighted by atomic mass is 19.4. The monoisotopic (exact) mass is 472 g/mol. The molecule has 0 fully saturated rings. The second-order valence-corrected chi connectivity index (χ2v) is 8.30. The first-order valence-electron chi connectivity index (χ1n) is 11.5. The van der Waals surface area contributed by atoms with Crippen LogP contribution in [0.1, 0.15) is 65.2 Å². The number of rotatable bonds is 12. The van der Waals surface area contributed by atoms with Gasteiger partial charge in [-0.25, -0.2) is 0 Å². The second-order valence-electron chi connectivity index (χ2n) is 8.30. The Morgan fingerprint density at radius 1 is 0.788 bits per heavy atom. The van der Waals surface area contributed by atoms with E-state index in [-0.39, 0.29) is 22.1 Å². The van der Waals surface area contributed by atoms with Gasteiger partial charge in [0.05, 0.1) is 6.61 Å². The summed E-state index contributed by atoms with van der Waals surface area (Å²) in [7, 11) is 0. The minimum Gasteiger partial charge on any atom is -0.490 e. The van der Waals surface area contributed by atoms with E-state index in [4.69, 9.17) is 9.15 Å². The van der Waals surface area contributed by atoms with Crippen LogP contribution in [-0.2, 0) is 0 Å². The van der Waals surface area contributed by atoms with Gasteiger partial charge in [0.25, 0.3) is 0 Å². The zero-order valence-electron chi connectivity index (χ0n) is 18.9. The van der Waals surface area contributed by atoms with Gasteiger partial charge in [0.1, 0.15) is 0 Å². The molecule has 33 heavy (non-hydrogen) atoms. The second kappa shape index (κ2) is 11.1. The molecule has 2 aromatic carbocycles. The van der Waals surface area contributed by atoms with Gasteiger partial charge in [-0.15, -0.1) is 13.2 Å². The Morgan fingerprint density at radius 3 is 2.00 bits per heavy atom. The van der Waals surface area contributed by atoms with Crippen LogP contribution in [0, 0.1) is 17.6 Å². The summed E-state index contributed by atoms with van der Waals surface area (Å²) in [5, 5.41) is 0.391. The highest BCUT2D eigenvalue weighted by Gasteiger charge is 2.33. The molecule has 3 aromatic rings. The van der Waals surface area contributed by atoms with Crippen LogP contribution in [0.3, 0.4) is 0 Å². The molecule has 0 radical (unpaired) electrons. The van der Waals surface area contributed by atoms with Gasteiger partial charge >= 0.3 is 6.36 Å². The van der Waals surface area contributed by atoms with Gasteiger partial charge in [-0.05, 0) is 43.0 Å². The average molecular weight is 472 g/mol. The quantitative estimate of drug-likeness (QED) is 0.195. The molecule has 3 rings (SSSR count). The van der Waals surface area contributed by atoms with Gasteiger partial charge in [0, 0.05) is 10.8 Å². The minimum atomic E-state index is -5.06. The molecule has 1 atom stereocenters. The van der Waals surface area contributed by atoms with Crippen molar-refractivity contribution in [3.8, 4) is 11.5 Å². The largest absolute Gasteiger partial charge is 0.573 e. The Hall–Kier alpha value is -2.51. The number of halogens is 5. The Labute approximate surface area is 189 Å². The Bertz CT molecular complexity index is 1060. The molecule has 0 saturated heterocycles. The van der Waals surface area contributed by atoms with Crippen LogP contribution in [0.5, 0.6) is 11.5 Å². The molecule has 0 aliphatic rings. The van der Waals surface area contributed by atoms with Crippen molar-refractivity contribution in [1.82, 2.24) is 0 Å². The van der Waals surface area contributed by atoms with Crippen molar-refractivity contribution in [3.05, 3.63) is 35.9 Å². The SMILES string of the molecule is CCCCC(CCC)CCCCOc1ccc2c(oc3c(F)c(OC(F)(F)F)ccc32)c1F. The van der Waals surface area contributed by atoms with Crippen molar-refractivity contribution < 1.29 is 35.8 Å².